The number of nitrogens with zero attached hydrogens (tertiary/aromatic N) is 3. The Morgan fingerprint density at radius 1 is 1.32 bits per heavy atom. The summed E-state index contributed by atoms with van der Waals surface area (Å²) in [7, 11) is 3.69. The Morgan fingerprint density at radius 3 is 2.47 bits per heavy atom. The zero-order valence-corrected chi connectivity index (χ0v) is 12.2. The molecule has 1 amide bonds. The van der Waals surface area contributed by atoms with Gasteiger partial charge in [-0.1, -0.05) is 19.3 Å². The van der Waals surface area contributed by atoms with E-state index < -0.39 is 5.54 Å². The zero-order valence-electron chi connectivity index (χ0n) is 12.2. The molecule has 0 radical (unpaired) electrons. The number of nitrogens with two attached hydrogens (primary N) is 1. The third-order valence-corrected chi connectivity index (χ3v) is 4.05. The van der Waals surface area contributed by atoms with Crippen molar-refractivity contribution in [3.05, 3.63) is 0 Å². The standard InChI is InChI=1S/C14H26N4O/c1-17(10-6-9-15)11-13(19)18(2)14(12-16)7-4-3-5-8-14/h3-11,15H2,1-2H3. The molecular weight excluding hydrogens is 240 g/mol. The monoisotopic (exact) mass is 266 g/mol. The highest BCUT2D eigenvalue weighted by molar-refractivity contribution is 5.79. The lowest BCUT2D eigenvalue weighted by atomic mass is 9.81. The van der Waals surface area contributed by atoms with Crippen LogP contribution in [0.25, 0.3) is 0 Å². The van der Waals surface area contributed by atoms with Crippen LogP contribution < -0.4 is 5.73 Å². The van der Waals surface area contributed by atoms with E-state index in [-0.39, 0.29) is 5.91 Å². The number of carbonyl (C=O) groups is 1. The van der Waals surface area contributed by atoms with E-state index in [1.54, 1.807) is 11.9 Å². The van der Waals surface area contributed by atoms with Crippen LogP contribution in [0.1, 0.15) is 38.5 Å². The van der Waals surface area contributed by atoms with Crippen LogP contribution in [0.5, 0.6) is 0 Å². The number of nitriles is 1. The second-order valence-corrected chi connectivity index (χ2v) is 5.54. The number of hydrogen-bond donors (Lipinski definition) is 1. The Morgan fingerprint density at radius 2 is 1.95 bits per heavy atom. The average molecular weight is 266 g/mol. The summed E-state index contributed by atoms with van der Waals surface area (Å²) in [6, 6.07) is 2.38. The van der Waals surface area contributed by atoms with Gasteiger partial charge in [0.1, 0.15) is 5.54 Å². The molecule has 0 bridgehead atoms. The first kappa shape index (κ1) is 15.9. The number of carbonyl (C=O) groups excluding carboxylic acids is 1. The molecule has 0 spiro atoms. The summed E-state index contributed by atoms with van der Waals surface area (Å²) < 4.78 is 0. The van der Waals surface area contributed by atoms with Crippen LogP contribution in [-0.2, 0) is 4.79 Å². The van der Waals surface area contributed by atoms with Crippen molar-refractivity contribution in [1.29, 1.82) is 5.26 Å². The highest BCUT2D eigenvalue weighted by Crippen LogP contribution is 2.32. The first-order valence-electron chi connectivity index (χ1n) is 7.12. The minimum atomic E-state index is -0.579. The van der Waals surface area contributed by atoms with Gasteiger partial charge in [0.25, 0.3) is 0 Å². The van der Waals surface area contributed by atoms with E-state index in [1.165, 1.54) is 6.42 Å². The quantitative estimate of drug-likeness (QED) is 0.777. The van der Waals surface area contributed by atoms with Gasteiger partial charge in [0.15, 0.2) is 0 Å². The molecule has 0 saturated heterocycles. The summed E-state index contributed by atoms with van der Waals surface area (Å²) in [5.74, 6) is 0.0305. The molecular formula is C14H26N4O. The summed E-state index contributed by atoms with van der Waals surface area (Å²) in [5.41, 5.74) is 4.88. The van der Waals surface area contributed by atoms with E-state index in [2.05, 4.69) is 6.07 Å². The van der Waals surface area contributed by atoms with Crippen molar-refractivity contribution in [3.8, 4) is 6.07 Å². The molecule has 1 fully saturated rings. The predicted octanol–water partition coefficient (Wildman–Crippen LogP) is 0.952. The van der Waals surface area contributed by atoms with Crippen LogP contribution in [-0.4, -0.2) is 55.0 Å². The SMILES string of the molecule is CN(CCCN)CC(=O)N(C)C1(C#N)CCCCC1. The number of hydrogen-bond acceptors (Lipinski definition) is 4. The summed E-state index contributed by atoms with van der Waals surface area (Å²) in [5, 5.41) is 9.46. The Balaban J connectivity index is 2.57. The molecule has 1 rings (SSSR count). The van der Waals surface area contributed by atoms with Crippen LogP contribution in [0, 0.1) is 11.3 Å². The molecule has 19 heavy (non-hydrogen) atoms. The maximum absolute atomic E-state index is 12.3. The lowest BCUT2D eigenvalue weighted by Gasteiger charge is -2.39. The van der Waals surface area contributed by atoms with Crippen molar-refractivity contribution in [2.45, 2.75) is 44.1 Å². The molecule has 0 aromatic heterocycles. The first-order chi connectivity index (χ1) is 9.05. The summed E-state index contributed by atoms with van der Waals surface area (Å²) in [4.78, 5) is 15.9. The van der Waals surface area contributed by atoms with Crippen LogP contribution in [0.15, 0.2) is 0 Å². The lowest BCUT2D eigenvalue weighted by molar-refractivity contribution is -0.135. The molecule has 0 heterocycles. The smallest absolute Gasteiger partial charge is 0.237 e. The van der Waals surface area contributed by atoms with Crippen LogP contribution in [0.4, 0.5) is 0 Å². The molecule has 0 atom stereocenters. The molecule has 2 N–H and O–H groups in total. The maximum atomic E-state index is 12.3. The molecule has 0 unspecified atom stereocenters. The van der Waals surface area contributed by atoms with Crippen molar-refractivity contribution >= 4 is 5.91 Å². The normalized spacial score (nSPS) is 18.1. The fourth-order valence-electron chi connectivity index (χ4n) is 2.67. The van der Waals surface area contributed by atoms with Crippen molar-refractivity contribution in [2.24, 2.45) is 5.73 Å². The number of amides is 1. The lowest BCUT2D eigenvalue weighted by Crippen LogP contribution is -2.52. The molecule has 0 aromatic rings. The fourth-order valence-corrected chi connectivity index (χ4v) is 2.67. The van der Waals surface area contributed by atoms with Crippen LogP contribution >= 0.6 is 0 Å². The highest BCUT2D eigenvalue weighted by Gasteiger charge is 2.38. The average Bonchev–Trinajstić information content (AvgIpc) is 2.44. The molecule has 0 aromatic carbocycles. The molecule has 0 aliphatic heterocycles. The van der Waals surface area contributed by atoms with Crippen LogP contribution in [0.2, 0.25) is 0 Å². The molecule has 108 valence electrons. The van der Waals surface area contributed by atoms with Gasteiger partial charge in [-0.3, -0.25) is 9.69 Å². The van der Waals surface area contributed by atoms with E-state index in [1.807, 2.05) is 11.9 Å². The summed E-state index contributed by atoms with van der Waals surface area (Å²) in [6.07, 6.45) is 5.73. The van der Waals surface area contributed by atoms with Crippen molar-refractivity contribution < 1.29 is 4.79 Å². The van der Waals surface area contributed by atoms with E-state index in [0.29, 0.717) is 13.1 Å². The van der Waals surface area contributed by atoms with E-state index >= 15 is 0 Å². The minimum Gasteiger partial charge on any atom is -0.330 e. The number of rotatable bonds is 6. The Kier molecular flexibility index (Phi) is 6.26. The highest BCUT2D eigenvalue weighted by atomic mass is 16.2. The predicted molar refractivity (Wildman–Crippen MR) is 75.4 cm³/mol. The second kappa shape index (κ2) is 7.46. The van der Waals surface area contributed by atoms with Gasteiger partial charge in [-0.25, -0.2) is 0 Å². The van der Waals surface area contributed by atoms with Crippen LogP contribution in [0.3, 0.4) is 0 Å². The molecule has 5 nitrogen and oxygen atoms in total. The molecule has 1 saturated carbocycles. The van der Waals surface area contributed by atoms with Crippen molar-refractivity contribution in [1.82, 2.24) is 9.80 Å². The Hall–Kier alpha value is -1.12. The maximum Gasteiger partial charge on any atom is 0.237 e. The Bertz CT molecular complexity index is 331. The van der Waals surface area contributed by atoms with Crippen molar-refractivity contribution in [3.63, 3.8) is 0 Å². The summed E-state index contributed by atoms with van der Waals surface area (Å²) >= 11 is 0. The topological polar surface area (TPSA) is 73.4 Å². The molecule has 5 heteroatoms. The van der Waals surface area contributed by atoms with Gasteiger partial charge < -0.3 is 10.6 Å². The number of likely N-dealkylation sites (N-methyl/N-ethyl adjacent to an activating group) is 2. The second-order valence-electron chi connectivity index (χ2n) is 5.54. The molecule has 1 aliphatic rings. The van der Waals surface area contributed by atoms with Gasteiger partial charge >= 0.3 is 0 Å². The van der Waals surface area contributed by atoms with Gasteiger partial charge in [0.2, 0.25) is 5.91 Å². The van der Waals surface area contributed by atoms with E-state index in [9.17, 15) is 10.1 Å². The van der Waals surface area contributed by atoms with Gasteiger partial charge in [-0.15, -0.1) is 0 Å². The third-order valence-electron chi connectivity index (χ3n) is 4.05. The minimum absolute atomic E-state index is 0.0305. The Labute approximate surface area is 116 Å². The van der Waals surface area contributed by atoms with Gasteiger partial charge in [0, 0.05) is 7.05 Å². The van der Waals surface area contributed by atoms with Gasteiger partial charge in [0.05, 0.1) is 12.6 Å². The van der Waals surface area contributed by atoms with E-state index in [0.717, 1.165) is 38.6 Å². The fraction of sp³-hybridized carbons (Fsp3) is 0.857. The van der Waals surface area contributed by atoms with Gasteiger partial charge in [-0.05, 0) is 39.4 Å². The zero-order chi connectivity index (χ0) is 14.3. The van der Waals surface area contributed by atoms with Gasteiger partial charge in [-0.2, -0.15) is 5.26 Å². The third kappa shape index (κ3) is 4.19. The molecule has 1 aliphatic carbocycles. The van der Waals surface area contributed by atoms with Crippen molar-refractivity contribution in [2.75, 3.05) is 33.7 Å². The first-order valence-corrected chi connectivity index (χ1v) is 7.12. The summed E-state index contributed by atoms with van der Waals surface area (Å²) in [6.45, 7) is 1.81. The largest absolute Gasteiger partial charge is 0.330 e. The van der Waals surface area contributed by atoms with E-state index in [4.69, 9.17) is 5.73 Å².